The maximum atomic E-state index is 10.3. The third-order valence-electron chi connectivity index (χ3n) is 0.939. The number of carboxylic acids is 1. The first kappa shape index (κ1) is 14.0. The van der Waals surface area contributed by atoms with Crippen molar-refractivity contribution in [1.29, 1.82) is 0 Å². The quantitative estimate of drug-likeness (QED) is 0.430. The van der Waals surface area contributed by atoms with Crippen LogP contribution >= 0.6 is 11.8 Å². The van der Waals surface area contributed by atoms with Crippen molar-refractivity contribution in [3.63, 3.8) is 0 Å². The summed E-state index contributed by atoms with van der Waals surface area (Å²) in [6.45, 7) is 2.93. The van der Waals surface area contributed by atoms with Gasteiger partial charge < -0.3 is 9.90 Å². The first-order valence-electron chi connectivity index (χ1n) is 2.88. The molecule has 0 amide bonds. The van der Waals surface area contributed by atoms with E-state index in [0.29, 0.717) is 5.75 Å². The molecule has 5 heteroatoms. The standard InChI is InChI=1S/C6H10O3S.Na/c1-4(6(8)9)3-10-5(2)7;/h4H,3H2,1-2H3,(H,8,9);/q;+1/p-1. The Kier molecular flexibility index (Phi) is 9.13. The zero-order valence-corrected chi connectivity index (χ0v) is 9.73. The molecular formula is C6H9NaO3S. The van der Waals surface area contributed by atoms with E-state index < -0.39 is 11.9 Å². The predicted molar refractivity (Wildman–Crippen MR) is 37.3 cm³/mol. The molecule has 0 aromatic carbocycles. The summed E-state index contributed by atoms with van der Waals surface area (Å²) in [6.07, 6.45) is 0. The Labute approximate surface area is 92.2 Å². The summed E-state index contributed by atoms with van der Waals surface area (Å²) < 4.78 is 0. The van der Waals surface area contributed by atoms with Gasteiger partial charge in [-0.3, -0.25) is 4.79 Å². The van der Waals surface area contributed by atoms with Crippen LogP contribution in [0.3, 0.4) is 0 Å². The van der Waals surface area contributed by atoms with E-state index >= 15 is 0 Å². The summed E-state index contributed by atoms with van der Waals surface area (Å²) in [5.41, 5.74) is 0. The minimum absolute atomic E-state index is 0. The van der Waals surface area contributed by atoms with Gasteiger partial charge >= 0.3 is 29.6 Å². The van der Waals surface area contributed by atoms with Gasteiger partial charge in [-0.1, -0.05) is 18.7 Å². The molecule has 3 nitrogen and oxygen atoms in total. The van der Waals surface area contributed by atoms with Crippen molar-refractivity contribution in [3.8, 4) is 0 Å². The Morgan fingerprint density at radius 2 is 2.00 bits per heavy atom. The molecule has 1 unspecified atom stereocenters. The van der Waals surface area contributed by atoms with E-state index in [1.165, 1.54) is 13.8 Å². The van der Waals surface area contributed by atoms with Crippen molar-refractivity contribution in [3.05, 3.63) is 0 Å². The molecule has 0 aromatic heterocycles. The molecule has 0 saturated heterocycles. The predicted octanol–water partition coefficient (Wildman–Crippen LogP) is -3.34. The van der Waals surface area contributed by atoms with E-state index in [9.17, 15) is 14.7 Å². The molecule has 0 bridgehead atoms. The van der Waals surface area contributed by atoms with Crippen LogP contribution in [-0.4, -0.2) is 16.8 Å². The van der Waals surface area contributed by atoms with Gasteiger partial charge in [0, 0.05) is 24.6 Å². The number of rotatable bonds is 3. The SMILES string of the molecule is CC(=O)SCC(C)C(=O)[O-].[Na+]. The first-order chi connectivity index (χ1) is 4.54. The van der Waals surface area contributed by atoms with Gasteiger partial charge in [-0.25, -0.2) is 0 Å². The number of hydrogen-bond donors (Lipinski definition) is 0. The fourth-order valence-electron chi connectivity index (χ4n) is 0.310. The maximum Gasteiger partial charge on any atom is 1.00 e. The Balaban J connectivity index is 0. The van der Waals surface area contributed by atoms with Crippen molar-refractivity contribution < 1.29 is 44.3 Å². The molecule has 1 atom stereocenters. The largest absolute Gasteiger partial charge is 1.00 e. The Bertz CT molecular complexity index is 149. The second-order valence-corrected chi connectivity index (χ2v) is 3.22. The molecule has 0 fully saturated rings. The summed E-state index contributed by atoms with van der Waals surface area (Å²) in [4.78, 5) is 20.4. The van der Waals surface area contributed by atoms with E-state index in [0.717, 1.165) is 11.8 Å². The zero-order valence-electron chi connectivity index (χ0n) is 6.92. The summed E-state index contributed by atoms with van der Waals surface area (Å²) in [5.74, 6) is -1.35. The van der Waals surface area contributed by atoms with Gasteiger partial charge in [0.2, 0.25) is 0 Å². The topological polar surface area (TPSA) is 57.2 Å². The van der Waals surface area contributed by atoms with Crippen LogP contribution in [0.25, 0.3) is 0 Å². The molecule has 0 rings (SSSR count). The minimum Gasteiger partial charge on any atom is -0.550 e. The average Bonchev–Trinajstić information content (AvgIpc) is 1.82. The molecule has 0 N–H and O–H groups in total. The van der Waals surface area contributed by atoms with Gasteiger partial charge in [-0.05, 0) is 0 Å². The van der Waals surface area contributed by atoms with E-state index in [1.807, 2.05) is 0 Å². The third-order valence-corrected chi connectivity index (χ3v) is 2.01. The minimum atomic E-state index is -1.10. The summed E-state index contributed by atoms with van der Waals surface area (Å²) in [6, 6.07) is 0. The monoisotopic (exact) mass is 184 g/mol. The van der Waals surface area contributed by atoms with Crippen LogP contribution in [0.2, 0.25) is 0 Å². The number of carbonyl (C=O) groups is 2. The van der Waals surface area contributed by atoms with Crippen LogP contribution in [0.5, 0.6) is 0 Å². The molecule has 0 aliphatic heterocycles. The van der Waals surface area contributed by atoms with Gasteiger partial charge in [0.1, 0.15) is 0 Å². The summed E-state index contributed by atoms with van der Waals surface area (Å²) in [5, 5.41) is 10.0. The van der Waals surface area contributed by atoms with E-state index in [-0.39, 0.29) is 34.7 Å². The molecule has 0 aromatic rings. The maximum absolute atomic E-state index is 10.3. The average molecular weight is 184 g/mol. The van der Waals surface area contributed by atoms with Gasteiger partial charge in [-0.2, -0.15) is 0 Å². The van der Waals surface area contributed by atoms with Crippen molar-refractivity contribution in [2.24, 2.45) is 5.92 Å². The van der Waals surface area contributed by atoms with Crippen LogP contribution in [-0.2, 0) is 9.59 Å². The van der Waals surface area contributed by atoms with Crippen LogP contribution in [0.15, 0.2) is 0 Å². The molecule has 58 valence electrons. The molecule has 0 aliphatic rings. The van der Waals surface area contributed by atoms with Gasteiger partial charge in [0.05, 0.1) is 0 Å². The zero-order chi connectivity index (χ0) is 8.15. The van der Waals surface area contributed by atoms with Gasteiger partial charge in [0.25, 0.3) is 0 Å². The van der Waals surface area contributed by atoms with Gasteiger partial charge in [-0.15, -0.1) is 0 Å². The molecule has 0 heterocycles. The Morgan fingerprint density at radius 3 is 2.27 bits per heavy atom. The van der Waals surface area contributed by atoms with Crippen molar-refractivity contribution in [2.75, 3.05) is 5.75 Å². The molecule has 0 aliphatic carbocycles. The van der Waals surface area contributed by atoms with Crippen molar-refractivity contribution in [2.45, 2.75) is 13.8 Å². The number of carboxylic acid groups (broad SMARTS) is 1. The molecule has 0 radical (unpaired) electrons. The fraction of sp³-hybridized carbons (Fsp3) is 0.667. The first-order valence-corrected chi connectivity index (χ1v) is 3.87. The Morgan fingerprint density at radius 1 is 1.55 bits per heavy atom. The number of aliphatic carboxylic acids is 1. The second kappa shape index (κ2) is 7.16. The normalized spacial score (nSPS) is 11.5. The van der Waals surface area contributed by atoms with E-state index in [4.69, 9.17) is 0 Å². The second-order valence-electron chi connectivity index (χ2n) is 2.02. The van der Waals surface area contributed by atoms with Crippen molar-refractivity contribution in [1.82, 2.24) is 0 Å². The van der Waals surface area contributed by atoms with Crippen LogP contribution in [0, 0.1) is 5.92 Å². The summed E-state index contributed by atoms with van der Waals surface area (Å²) in [7, 11) is 0. The third kappa shape index (κ3) is 8.40. The summed E-state index contributed by atoms with van der Waals surface area (Å²) >= 11 is 1.01. The van der Waals surface area contributed by atoms with Crippen LogP contribution < -0.4 is 34.7 Å². The number of carbonyl (C=O) groups excluding carboxylic acids is 2. The van der Waals surface area contributed by atoms with Crippen molar-refractivity contribution >= 4 is 22.8 Å². The number of thioether (sulfide) groups is 1. The molecule has 0 saturated carbocycles. The van der Waals surface area contributed by atoms with Gasteiger partial charge in [0.15, 0.2) is 5.12 Å². The molecular weight excluding hydrogens is 175 g/mol. The smallest absolute Gasteiger partial charge is 0.550 e. The fourth-order valence-corrected chi connectivity index (χ4v) is 0.931. The van der Waals surface area contributed by atoms with E-state index in [1.54, 1.807) is 0 Å². The van der Waals surface area contributed by atoms with Crippen LogP contribution in [0.1, 0.15) is 13.8 Å². The van der Waals surface area contributed by atoms with E-state index in [2.05, 4.69) is 0 Å². The van der Waals surface area contributed by atoms with Crippen LogP contribution in [0.4, 0.5) is 0 Å². The number of hydrogen-bond acceptors (Lipinski definition) is 4. The Hall–Kier alpha value is 0.490. The molecule has 11 heavy (non-hydrogen) atoms. The molecule has 0 spiro atoms.